The summed E-state index contributed by atoms with van der Waals surface area (Å²) in [5.41, 5.74) is 7.60. The summed E-state index contributed by atoms with van der Waals surface area (Å²) in [5, 5.41) is 0. The first-order valence-corrected chi connectivity index (χ1v) is 8.81. The Labute approximate surface area is 143 Å². The molecule has 1 aromatic carbocycles. The van der Waals surface area contributed by atoms with Gasteiger partial charge < -0.3 is 0 Å². The molecule has 23 heavy (non-hydrogen) atoms. The molecule has 2 rings (SSSR count). The minimum Gasteiger partial charge on any atom is -0.0847 e. The average Bonchev–Trinajstić information content (AvgIpc) is 2.51. The van der Waals surface area contributed by atoms with Gasteiger partial charge in [-0.05, 0) is 66.7 Å². The van der Waals surface area contributed by atoms with Gasteiger partial charge in [-0.1, -0.05) is 75.8 Å². The van der Waals surface area contributed by atoms with E-state index in [9.17, 15) is 0 Å². The summed E-state index contributed by atoms with van der Waals surface area (Å²) in [5.74, 6) is 0. The SMILES string of the molecule is C/C=C(C)/C=C\C=C(/C)c1ccc2c(c1)C(C)(C)CCC2(C)C. The summed E-state index contributed by atoms with van der Waals surface area (Å²) < 4.78 is 0. The van der Waals surface area contributed by atoms with Gasteiger partial charge in [0.25, 0.3) is 0 Å². The number of fused-ring (bicyclic) bond motifs is 1. The van der Waals surface area contributed by atoms with Crippen molar-refractivity contribution in [1.82, 2.24) is 0 Å². The highest BCUT2D eigenvalue weighted by Gasteiger charge is 2.36. The molecular formula is C23H32. The van der Waals surface area contributed by atoms with Crippen LogP contribution in [0, 0.1) is 0 Å². The van der Waals surface area contributed by atoms with E-state index in [4.69, 9.17) is 0 Å². The Morgan fingerprint density at radius 3 is 2.17 bits per heavy atom. The van der Waals surface area contributed by atoms with E-state index in [2.05, 4.69) is 91.0 Å². The van der Waals surface area contributed by atoms with Gasteiger partial charge in [-0.15, -0.1) is 0 Å². The molecular weight excluding hydrogens is 276 g/mol. The Balaban J connectivity index is 2.40. The molecule has 0 fully saturated rings. The molecule has 0 bridgehead atoms. The van der Waals surface area contributed by atoms with Crippen LogP contribution in [-0.4, -0.2) is 0 Å². The molecule has 0 unspecified atom stereocenters. The maximum atomic E-state index is 2.43. The molecule has 0 saturated heterocycles. The van der Waals surface area contributed by atoms with Crippen molar-refractivity contribution in [3.05, 3.63) is 64.8 Å². The number of rotatable bonds is 3. The number of allylic oxidation sites excluding steroid dienone is 6. The van der Waals surface area contributed by atoms with E-state index in [-0.39, 0.29) is 5.41 Å². The minimum atomic E-state index is 0.276. The highest BCUT2D eigenvalue weighted by molar-refractivity contribution is 5.67. The van der Waals surface area contributed by atoms with Gasteiger partial charge in [0.15, 0.2) is 0 Å². The quantitative estimate of drug-likeness (QED) is 0.529. The molecule has 1 aromatic rings. The van der Waals surface area contributed by atoms with Gasteiger partial charge in [-0.3, -0.25) is 0 Å². The van der Waals surface area contributed by atoms with Gasteiger partial charge in [0, 0.05) is 0 Å². The molecule has 0 nitrogen and oxygen atoms in total. The lowest BCUT2D eigenvalue weighted by Gasteiger charge is -2.42. The van der Waals surface area contributed by atoms with Crippen molar-refractivity contribution in [3.63, 3.8) is 0 Å². The lowest BCUT2D eigenvalue weighted by Crippen LogP contribution is -2.33. The van der Waals surface area contributed by atoms with Crippen molar-refractivity contribution in [2.45, 2.75) is 72.1 Å². The van der Waals surface area contributed by atoms with E-state index in [1.807, 2.05) is 0 Å². The van der Waals surface area contributed by atoms with E-state index in [0.29, 0.717) is 5.41 Å². The molecule has 0 spiro atoms. The number of hydrogen-bond acceptors (Lipinski definition) is 0. The molecule has 0 amide bonds. The van der Waals surface area contributed by atoms with Crippen LogP contribution in [0.3, 0.4) is 0 Å². The summed E-state index contributed by atoms with van der Waals surface area (Å²) in [4.78, 5) is 0. The topological polar surface area (TPSA) is 0 Å². The highest BCUT2D eigenvalue weighted by atomic mass is 14.4. The molecule has 0 saturated carbocycles. The first-order chi connectivity index (χ1) is 10.7. The van der Waals surface area contributed by atoms with Crippen molar-refractivity contribution in [1.29, 1.82) is 0 Å². The number of benzene rings is 1. The molecule has 0 N–H and O–H groups in total. The lowest BCUT2D eigenvalue weighted by atomic mass is 9.63. The van der Waals surface area contributed by atoms with Gasteiger partial charge in [-0.2, -0.15) is 0 Å². The standard InChI is InChI=1S/C23H32/c1-8-17(2)10-9-11-18(3)19-12-13-20-21(16-19)23(6,7)15-14-22(20,4)5/h8-13,16H,14-15H2,1-7H3/b10-9-,17-8+,18-11+. The zero-order chi connectivity index (χ0) is 17.3. The van der Waals surface area contributed by atoms with Crippen LogP contribution in [0.2, 0.25) is 0 Å². The fourth-order valence-corrected chi connectivity index (χ4v) is 3.37. The fraction of sp³-hybridized carbons (Fsp3) is 0.478. The molecule has 1 aliphatic carbocycles. The Hall–Kier alpha value is -1.56. The zero-order valence-corrected chi connectivity index (χ0v) is 16.0. The molecule has 0 heterocycles. The maximum Gasteiger partial charge on any atom is -0.0100 e. The molecule has 0 aromatic heterocycles. The summed E-state index contributed by atoms with van der Waals surface area (Å²) in [7, 11) is 0. The van der Waals surface area contributed by atoms with Crippen molar-refractivity contribution < 1.29 is 0 Å². The van der Waals surface area contributed by atoms with Gasteiger partial charge in [-0.25, -0.2) is 0 Å². The van der Waals surface area contributed by atoms with Crippen LogP contribution in [0.1, 0.15) is 78.0 Å². The van der Waals surface area contributed by atoms with Crippen LogP contribution >= 0.6 is 0 Å². The summed E-state index contributed by atoms with van der Waals surface area (Å²) in [6, 6.07) is 7.09. The van der Waals surface area contributed by atoms with Crippen molar-refractivity contribution in [2.24, 2.45) is 0 Å². The Bertz CT molecular complexity index is 663. The zero-order valence-electron chi connectivity index (χ0n) is 16.0. The van der Waals surface area contributed by atoms with Crippen LogP contribution in [-0.2, 0) is 10.8 Å². The smallest absolute Gasteiger partial charge is 0.0100 e. The van der Waals surface area contributed by atoms with E-state index in [1.54, 1.807) is 0 Å². The lowest BCUT2D eigenvalue weighted by molar-refractivity contribution is 0.332. The van der Waals surface area contributed by atoms with Crippen LogP contribution in [0.15, 0.2) is 48.1 Å². The van der Waals surface area contributed by atoms with E-state index in [0.717, 1.165) is 0 Å². The van der Waals surface area contributed by atoms with Crippen LogP contribution < -0.4 is 0 Å². The van der Waals surface area contributed by atoms with Gasteiger partial charge in [0.2, 0.25) is 0 Å². The number of hydrogen-bond donors (Lipinski definition) is 0. The molecule has 0 radical (unpaired) electrons. The third-order valence-corrected chi connectivity index (χ3v) is 5.47. The van der Waals surface area contributed by atoms with Crippen molar-refractivity contribution in [3.8, 4) is 0 Å². The third kappa shape index (κ3) is 3.86. The molecule has 1 aliphatic rings. The predicted octanol–water partition coefficient (Wildman–Crippen LogP) is 6.96. The van der Waals surface area contributed by atoms with Crippen LogP contribution in [0.5, 0.6) is 0 Å². The molecule has 0 aliphatic heterocycles. The van der Waals surface area contributed by atoms with Crippen molar-refractivity contribution in [2.75, 3.05) is 0 Å². The highest BCUT2D eigenvalue weighted by Crippen LogP contribution is 2.46. The second-order valence-corrected chi connectivity index (χ2v) is 8.27. The predicted molar refractivity (Wildman–Crippen MR) is 104 cm³/mol. The average molecular weight is 309 g/mol. The van der Waals surface area contributed by atoms with Gasteiger partial charge >= 0.3 is 0 Å². The normalized spacial score (nSPS) is 20.7. The monoisotopic (exact) mass is 308 g/mol. The fourth-order valence-electron chi connectivity index (χ4n) is 3.37. The van der Waals surface area contributed by atoms with E-state index >= 15 is 0 Å². The van der Waals surface area contributed by atoms with Gasteiger partial charge in [0.1, 0.15) is 0 Å². The summed E-state index contributed by atoms with van der Waals surface area (Å²) >= 11 is 0. The molecule has 0 atom stereocenters. The molecule has 0 heteroatoms. The molecule has 124 valence electrons. The third-order valence-electron chi connectivity index (χ3n) is 5.47. The van der Waals surface area contributed by atoms with E-state index < -0.39 is 0 Å². The van der Waals surface area contributed by atoms with E-state index in [1.165, 1.54) is 40.7 Å². The Morgan fingerprint density at radius 1 is 0.957 bits per heavy atom. The van der Waals surface area contributed by atoms with Gasteiger partial charge in [0.05, 0.1) is 0 Å². The Kier molecular flexibility index (Phi) is 5.04. The second kappa shape index (κ2) is 6.51. The minimum absolute atomic E-state index is 0.276. The van der Waals surface area contributed by atoms with Crippen molar-refractivity contribution >= 4 is 5.57 Å². The van der Waals surface area contributed by atoms with Crippen LogP contribution in [0.4, 0.5) is 0 Å². The first kappa shape index (κ1) is 17.8. The maximum absolute atomic E-state index is 2.43. The second-order valence-electron chi connectivity index (χ2n) is 8.27. The first-order valence-electron chi connectivity index (χ1n) is 8.81. The summed E-state index contributed by atoms with van der Waals surface area (Å²) in [6.07, 6.45) is 11.2. The summed E-state index contributed by atoms with van der Waals surface area (Å²) in [6.45, 7) is 15.9. The Morgan fingerprint density at radius 2 is 1.57 bits per heavy atom. The largest absolute Gasteiger partial charge is 0.0847 e. The van der Waals surface area contributed by atoms with Crippen LogP contribution in [0.25, 0.3) is 5.57 Å².